The highest BCUT2D eigenvalue weighted by atomic mass is 32.2. The lowest BCUT2D eigenvalue weighted by molar-refractivity contribution is -0.119. The standard InChI is InChI=1S/C17H24N4O2S/c1-5-9-21-16(14-8-10-23-12(14)4)19-20-17(21)24-11-15(22)18-13(6-2)7-3/h5,8,10,13H,1,6-7,9,11H2,2-4H3,(H,18,22). The molecule has 1 amide bonds. The number of aryl methyl sites for hydroxylation is 1. The summed E-state index contributed by atoms with van der Waals surface area (Å²) in [5.74, 6) is 1.85. The first kappa shape index (κ1) is 18.3. The van der Waals surface area contributed by atoms with Gasteiger partial charge in [0.05, 0.1) is 17.6 Å². The van der Waals surface area contributed by atoms with E-state index in [9.17, 15) is 4.79 Å². The number of nitrogens with one attached hydrogen (secondary N) is 1. The Hall–Kier alpha value is -2.02. The number of amides is 1. The predicted molar refractivity (Wildman–Crippen MR) is 95.9 cm³/mol. The van der Waals surface area contributed by atoms with Crippen molar-refractivity contribution >= 4 is 17.7 Å². The number of allylic oxidation sites excluding steroid dienone is 1. The van der Waals surface area contributed by atoms with Crippen molar-refractivity contribution in [3.63, 3.8) is 0 Å². The average Bonchev–Trinajstić information content (AvgIpc) is 3.17. The highest BCUT2D eigenvalue weighted by Gasteiger charge is 2.18. The molecule has 0 unspecified atom stereocenters. The molecule has 0 atom stereocenters. The van der Waals surface area contributed by atoms with Crippen molar-refractivity contribution in [3.05, 3.63) is 30.7 Å². The molecule has 0 aliphatic heterocycles. The number of rotatable bonds is 9. The van der Waals surface area contributed by atoms with Crippen LogP contribution in [0.25, 0.3) is 11.4 Å². The zero-order chi connectivity index (χ0) is 17.5. The number of thioether (sulfide) groups is 1. The molecule has 130 valence electrons. The summed E-state index contributed by atoms with van der Waals surface area (Å²) < 4.78 is 7.29. The molecule has 6 nitrogen and oxygen atoms in total. The van der Waals surface area contributed by atoms with E-state index in [0.29, 0.717) is 17.5 Å². The van der Waals surface area contributed by atoms with E-state index in [1.165, 1.54) is 11.8 Å². The van der Waals surface area contributed by atoms with Crippen LogP contribution in [-0.2, 0) is 11.3 Å². The fraction of sp³-hybridized carbons (Fsp3) is 0.471. The zero-order valence-corrected chi connectivity index (χ0v) is 15.2. The molecule has 2 aromatic heterocycles. The van der Waals surface area contributed by atoms with E-state index in [1.807, 2.05) is 17.6 Å². The summed E-state index contributed by atoms with van der Waals surface area (Å²) >= 11 is 1.38. The lowest BCUT2D eigenvalue weighted by Gasteiger charge is -2.14. The summed E-state index contributed by atoms with van der Waals surface area (Å²) in [6.45, 7) is 10.4. The van der Waals surface area contributed by atoms with Gasteiger partial charge in [-0.2, -0.15) is 0 Å². The third kappa shape index (κ3) is 4.29. The molecular weight excluding hydrogens is 324 g/mol. The maximum Gasteiger partial charge on any atom is 0.230 e. The van der Waals surface area contributed by atoms with Gasteiger partial charge >= 0.3 is 0 Å². The van der Waals surface area contributed by atoms with Crippen LogP contribution in [0, 0.1) is 6.92 Å². The van der Waals surface area contributed by atoms with Gasteiger partial charge in [0.2, 0.25) is 5.91 Å². The molecule has 1 N–H and O–H groups in total. The van der Waals surface area contributed by atoms with E-state index in [2.05, 4.69) is 35.9 Å². The molecule has 7 heteroatoms. The van der Waals surface area contributed by atoms with Gasteiger partial charge in [0.15, 0.2) is 11.0 Å². The predicted octanol–water partition coefficient (Wildman–Crippen LogP) is 3.43. The Morgan fingerprint density at radius 1 is 1.46 bits per heavy atom. The van der Waals surface area contributed by atoms with Crippen molar-refractivity contribution in [1.29, 1.82) is 0 Å². The lowest BCUT2D eigenvalue weighted by atomic mass is 10.2. The summed E-state index contributed by atoms with van der Waals surface area (Å²) in [4.78, 5) is 12.1. The number of aromatic nitrogens is 3. The van der Waals surface area contributed by atoms with Gasteiger partial charge < -0.3 is 9.73 Å². The average molecular weight is 348 g/mol. The molecular formula is C17H24N4O2S. The minimum absolute atomic E-state index is 0.0166. The van der Waals surface area contributed by atoms with Crippen LogP contribution in [0.15, 0.2) is 34.6 Å². The molecule has 0 saturated carbocycles. The topological polar surface area (TPSA) is 73.0 Å². The van der Waals surface area contributed by atoms with Gasteiger partial charge in [-0.25, -0.2) is 0 Å². The van der Waals surface area contributed by atoms with Crippen LogP contribution >= 0.6 is 11.8 Å². The van der Waals surface area contributed by atoms with Gasteiger partial charge in [-0.1, -0.05) is 31.7 Å². The van der Waals surface area contributed by atoms with Crippen LogP contribution in [0.2, 0.25) is 0 Å². The Labute approximate surface area is 146 Å². The second-order valence-electron chi connectivity index (χ2n) is 5.47. The Kier molecular flexibility index (Phi) is 6.66. The Bertz CT molecular complexity index is 689. The van der Waals surface area contributed by atoms with Crippen molar-refractivity contribution in [2.24, 2.45) is 0 Å². The van der Waals surface area contributed by atoms with Crippen LogP contribution in [0.3, 0.4) is 0 Å². The van der Waals surface area contributed by atoms with Crippen LogP contribution in [0.1, 0.15) is 32.4 Å². The third-order valence-electron chi connectivity index (χ3n) is 3.81. The highest BCUT2D eigenvalue weighted by molar-refractivity contribution is 7.99. The summed E-state index contributed by atoms with van der Waals surface area (Å²) in [5.41, 5.74) is 0.901. The van der Waals surface area contributed by atoms with Crippen molar-refractivity contribution in [3.8, 4) is 11.4 Å². The number of hydrogen-bond donors (Lipinski definition) is 1. The summed E-state index contributed by atoms with van der Waals surface area (Å²) in [7, 11) is 0. The fourth-order valence-electron chi connectivity index (χ4n) is 2.40. The van der Waals surface area contributed by atoms with E-state index in [0.717, 1.165) is 30.0 Å². The Morgan fingerprint density at radius 2 is 2.21 bits per heavy atom. The largest absolute Gasteiger partial charge is 0.469 e. The normalized spacial score (nSPS) is 11.0. The van der Waals surface area contributed by atoms with E-state index >= 15 is 0 Å². The second-order valence-corrected chi connectivity index (χ2v) is 6.41. The molecule has 0 aliphatic carbocycles. The molecule has 0 radical (unpaired) electrons. The summed E-state index contributed by atoms with van der Waals surface area (Å²) in [6.07, 6.45) is 5.29. The fourth-order valence-corrected chi connectivity index (χ4v) is 3.16. The first-order valence-electron chi connectivity index (χ1n) is 8.11. The molecule has 0 aliphatic rings. The van der Waals surface area contributed by atoms with E-state index < -0.39 is 0 Å². The maximum atomic E-state index is 12.1. The maximum absolute atomic E-state index is 12.1. The van der Waals surface area contributed by atoms with Crippen LogP contribution in [0.4, 0.5) is 0 Å². The molecule has 0 saturated heterocycles. The minimum Gasteiger partial charge on any atom is -0.469 e. The highest BCUT2D eigenvalue weighted by Crippen LogP contribution is 2.27. The molecule has 2 aromatic rings. The first-order valence-corrected chi connectivity index (χ1v) is 9.09. The molecule has 2 heterocycles. The van der Waals surface area contributed by atoms with Gasteiger partial charge in [0.1, 0.15) is 5.76 Å². The smallest absolute Gasteiger partial charge is 0.230 e. The minimum atomic E-state index is 0.0166. The van der Waals surface area contributed by atoms with E-state index in [1.54, 1.807) is 12.3 Å². The second kappa shape index (κ2) is 8.73. The molecule has 24 heavy (non-hydrogen) atoms. The molecule has 2 rings (SSSR count). The zero-order valence-electron chi connectivity index (χ0n) is 14.4. The first-order chi connectivity index (χ1) is 11.6. The quantitative estimate of drug-likeness (QED) is 0.555. The number of nitrogens with zero attached hydrogens (tertiary/aromatic N) is 3. The van der Waals surface area contributed by atoms with Crippen molar-refractivity contribution in [2.45, 2.75) is 51.4 Å². The molecule has 0 fully saturated rings. The van der Waals surface area contributed by atoms with Crippen LogP contribution in [0.5, 0.6) is 0 Å². The van der Waals surface area contributed by atoms with Crippen LogP contribution in [-0.4, -0.2) is 32.5 Å². The molecule has 0 spiro atoms. The van der Waals surface area contributed by atoms with Gasteiger partial charge in [0, 0.05) is 12.6 Å². The van der Waals surface area contributed by atoms with E-state index in [4.69, 9.17) is 4.42 Å². The lowest BCUT2D eigenvalue weighted by Crippen LogP contribution is -2.35. The van der Waals surface area contributed by atoms with Gasteiger partial charge in [0.25, 0.3) is 0 Å². The Balaban J connectivity index is 2.11. The van der Waals surface area contributed by atoms with Gasteiger partial charge in [-0.05, 0) is 25.8 Å². The SMILES string of the molecule is C=CCn1c(SCC(=O)NC(CC)CC)nnc1-c1ccoc1C. The molecule has 0 aromatic carbocycles. The molecule has 0 bridgehead atoms. The van der Waals surface area contributed by atoms with E-state index in [-0.39, 0.29) is 11.9 Å². The van der Waals surface area contributed by atoms with Crippen LogP contribution < -0.4 is 5.32 Å². The summed E-state index contributed by atoms with van der Waals surface area (Å²) in [6, 6.07) is 2.10. The third-order valence-corrected chi connectivity index (χ3v) is 4.78. The van der Waals surface area contributed by atoms with Gasteiger partial charge in [-0.3, -0.25) is 9.36 Å². The number of hydrogen-bond acceptors (Lipinski definition) is 5. The van der Waals surface area contributed by atoms with Gasteiger partial charge in [-0.15, -0.1) is 16.8 Å². The van der Waals surface area contributed by atoms with Crippen molar-refractivity contribution in [2.75, 3.05) is 5.75 Å². The summed E-state index contributed by atoms with van der Waals surface area (Å²) in [5, 5.41) is 12.2. The van der Waals surface area contributed by atoms with Crippen molar-refractivity contribution in [1.82, 2.24) is 20.1 Å². The van der Waals surface area contributed by atoms with Crippen molar-refractivity contribution < 1.29 is 9.21 Å². The number of carbonyl (C=O) groups is 1. The Morgan fingerprint density at radius 3 is 2.79 bits per heavy atom. The monoisotopic (exact) mass is 348 g/mol. The number of furan rings is 1. The number of carbonyl (C=O) groups excluding carboxylic acids is 1.